The van der Waals surface area contributed by atoms with Crippen molar-refractivity contribution in [1.82, 2.24) is 9.80 Å². The molecule has 2 aromatic rings. The summed E-state index contributed by atoms with van der Waals surface area (Å²) in [5.74, 6) is -0.833. The van der Waals surface area contributed by atoms with Crippen molar-refractivity contribution in [1.29, 1.82) is 0 Å². The number of amides is 1. The third-order valence-corrected chi connectivity index (χ3v) is 5.53. The molecule has 0 aromatic heterocycles. The number of Topliss-reactive ketones (excluding diaryl/α,β-unsaturated/α-hetero) is 1. The number of carbonyl (C=O) groups is 2. The number of likely N-dealkylation sites (N-methyl/N-ethyl adjacent to an activating group) is 1. The van der Waals surface area contributed by atoms with E-state index < -0.39 is 17.7 Å². The monoisotopic (exact) mass is 468 g/mol. The van der Waals surface area contributed by atoms with Crippen molar-refractivity contribution < 1.29 is 29.3 Å². The van der Waals surface area contributed by atoms with E-state index in [1.165, 1.54) is 11.0 Å². The Bertz CT molecular complexity index is 1060. The Morgan fingerprint density at radius 3 is 2.38 bits per heavy atom. The molecule has 1 atom stereocenters. The maximum Gasteiger partial charge on any atom is 0.295 e. The number of aromatic hydroxyl groups is 1. The van der Waals surface area contributed by atoms with Gasteiger partial charge in [-0.1, -0.05) is 13.0 Å². The maximum atomic E-state index is 13.1. The largest absolute Gasteiger partial charge is 0.507 e. The van der Waals surface area contributed by atoms with E-state index in [4.69, 9.17) is 9.47 Å². The fourth-order valence-electron chi connectivity index (χ4n) is 3.82. The zero-order valence-corrected chi connectivity index (χ0v) is 20.1. The smallest absolute Gasteiger partial charge is 0.295 e. The number of rotatable bonds is 10. The summed E-state index contributed by atoms with van der Waals surface area (Å²) in [5.41, 5.74) is 0.964. The lowest BCUT2D eigenvalue weighted by Crippen LogP contribution is -2.35. The van der Waals surface area contributed by atoms with E-state index in [0.717, 1.165) is 6.42 Å². The molecule has 0 aliphatic carbocycles. The van der Waals surface area contributed by atoms with Crippen molar-refractivity contribution in [2.75, 3.05) is 40.4 Å². The molecule has 8 nitrogen and oxygen atoms in total. The van der Waals surface area contributed by atoms with Crippen LogP contribution in [0.5, 0.6) is 17.2 Å². The number of hydrogen-bond acceptors (Lipinski definition) is 7. The lowest BCUT2D eigenvalue weighted by molar-refractivity contribution is -0.140. The van der Waals surface area contributed by atoms with Crippen molar-refractivity contribution in [3.8, 4) is 17.2 Å². The van der Waals surface area contributed by atoms with Crippen LogP contribution in [0.1, 0.15) is 37.4 Å². The Morgan fingerprint density at radius 2 is 1.76 bits per heavy atom. The summed E-state index contributed by atoms with van der Waals surface area (Å²) in [6.45, 7) is 5.53. The van der Waals surface area contributed by atoms with Gasteiger partial charge in [0, 0.05) is 18.7 Å². The average Bonchev–Trinajstić information content (AvgIpc) is 3.07. The number of hydrogen-bond donors (Lipinski definition) is 2. The fraction of sp³-hybridized carbons (Fsp3) is 0.385. The van der Waals surface area contributed by atoms with Gasteiger partial charge in [0.25, 0.3) is 11.7 Å². The van der Waals surface area contributed by atoms with Crippen LogP contribution in [0.4, 0.5) is 0 Å². The summed E-state index contributed by atoms with van der Waals surface area (Å²) in [6, 6.07) is 10.6. The van der Waals surface area contributed by atoms with Crippen LogP contribution in [0.3, 0.4) is 0 Å². The lowest BCUT2D eigenvalue weighted by atomic mass is 9.95. The molecule has 1 aliphatic heterocycles. The van der Waals surface area contributed by atoms with Gasteiger partial charge in [0.05, 0.1) is 24.8 Å². The number of aliphatic hydroxyl groups excluding tert-OH is 1. The van der Waals surface area contributed by atoms with Gasteiger partial charge < -0.3 is 29.5 Å². The number of phenols is 1. The van der Waals surface area contributed by atoms with Crippen LogP contribution >= 0.6 is 0 Å². The van der Waals surface area contributed by atoms with E-state index in [1.807, 2.05) is 25.9 Å². The van der Waals surface area contributed by atoms with Crippen LogP contribution < -0.4 is 9.47 Å². The minimum Gasteiger partial charge on any atom is -0.507 e. The van der Waals surface area contributed by atoms with Crippen molar-refractivity contribution in [2.45, 2.75) is 26.3 Å². The van der Waals surface area contributed by atoms with E-state index in [0.29, 0.717) is 36.6 Å². The Kier molecular flexibility index (Phi) is 8.17. The number of phenolic OH excluding ortho intramolecular Hbond substituents is 1. The molecule has 1 unspecified atom stereocenters. The first-order chi connectivity index (χ1) is 16.3. The van der Waals surface area contributed by atoms with Crippen LogP contribution in [-0.4, -0.2) is 72.1 Å². The second-order valence-corrected chi connectivity index (χ2v) is 8.33. The van der Waals surface area contributed by atoms with Crippen LogP contribution in [0.15, 0.2) is 48.0 Å². The molecule has 2 aromatic carbocycles. The molecule has 0 bridgehead atoms. The van der Waals surface area contributed by atoms with Gasteiger partial charge in [-0.25, -0.2) is 0 Å². The zero-order valence-electron chi connectivity index (χ0n) is 20.1. The van der Waals surface area contributed by atoms with Crippen LogP contribution in [0.25, 0.3) is 5.76 Å². The third-order valence-electron chi connectivity index (χ3n) is 5.53. The van der Waals surface area contributed by atoms with Crippen LogP contribution in [0, 0.1) is 0 Å². The molecule has 0 saturated carbocycles. The van der Waals surface area contributed by atoms with Crippen LogP contribution in [0.2, 0.25) is 0 Å². The van der Waals surface area contributed by atoms with Gasteiger partial charge in [0.2, 0.25) is 0 Å². The summed E-state index contributed by atoms with van der Waals surface area (Å²) in [4.78, 5) is 29.5. The summed E-state index contributed by atoms with van der Waals surface area (Å²) >= 11 is 0. The first-order valence-electron chi connectivity index (χ1n) is 11.4. The Hall–Kier alpha value is -3.52. The van der Waals surface area contributed by atoms with E-state index >= 15 is 0 Å². The molecule has 0 spiro atoms. The number of ketones is 1. The standard InChI is InChI=1S/C26H32N2O6/c1-5-15-34-19-10-7-17(8-11-19)24(30)22-23(18-9-12-20(29)21(16-18)33-6-2)28(14-13-27(3)4)26(32)25(22)31/h7-12,16,23,29-30H,5-6,13-15H2,1-4H3/b24-22-. The summed E-state index contributed by atoms with van der Waals surface area (Å²) < 4.78 is 11.1. The number of nitrogens with zero attached hydrogens (tertiary/aromatic N) is 2. The van der Waals surface area contributed by atoms with Gasteiger partial charge in [-0.2, -0.15) is 0 Å². The minimum atomic E-state index is -0.823. The normalized spacial score (nSPS) is 17.4. The number of carbonyl (C=O) groups excluding carboxylic acids is 2. The second-order valence-electron chi connectivity index (χ2n) is 8.33. The van der Waals surface area contributed by atoms with E-state index in [1.54, 1.807) is 43.3 Å². The highest BCUT2D eigenvalue weighted by Crippen LogP contribution is 2.41. The second kappa shape index (κ2) is 11.1. The molecule has 34 heavy (non-hydrogen) atoms. The highest BCUT2D eigenvalue weighted by Gasteiger charge is 2.46. The number of aliphatic hydroxyl groups is 1. The van der Waals surface area contributed by atoms with Gasteiger partial charge in [0.15, 0.2) is 11.5 Å². The van der Waals surface area contributed by atoms with Gasteiger partial charge in [-0.3, -0.25) is 9.59 Å². The molecule has 0 radical (unpaired) electrons. The molecule has 1 amide bonds. The first kappa shape index (κ1) is 25.1. The highest BCUT2D eigenvalue weighted by atomic mass is 16.5. The summed E-state index contributed by atoms with van der Waals surface area (Å²) in [7, 11) is 3.75. The predicted molar refractivity (Wildman–Crippen MR) is 129 cm³/mol. The molecule has 3 rings (SSSR count). The molecule has 1 saturated heterocycles. The molecular formula is C26H32N2O6. The molecule has 1 aliphatic rings. The van der Waals surface area contributed by atoms with Gasteiger partial charge in [0.1, 0.15) is 11.5 Å². The first-order valence-corrected chi connectivity index (χ1v) is 11.4. The molecule has 1 fully saturated rings. The van der Waals surface area contributed by atoms with E-state index in [-0.39, 0.29) is 29.4 Å². The van der Waals surface area contributed by atoms with Crippen molar-refractivity contribution in [2.24, 2.45) is 0 Å². The Labute approximate surface area is 200 Å². The zero-order chi connectivity index (χ0) is 24.8. The number of benzene rings is 2. The van der Waals surface area contributed by atoms with Crippen molar-refractivity contribution in [3.05, 3.63) is 59.2 Å². The molecule has 2 N–H and O–H groups in total. The quantitative estimate of drug-likeness (QED) is 0.312. The highest BCUT2D eigenvalue weighted by molar-refractivity contribution is 6.46. The molecular weight excluding hydrogens is 436 g/mol. The maximum absolute atomic E-state index is 13.1. The van der Waals surface area contributed by atoms with Gasteiger partial charge in [-0.15, -0.1) is 0 Å². The van der Waals surface area contributed by atoms with Gasteiger partial charge >= 0.3 is 0 Å². The van der Waals surface area contributed by atoms with Crippen LogP contribution in [-0.2, 0) is 9.59 Å². The minimum absolute atomic E-state index is 0.000814. The van der Waals surface area contributed by atoms with Gasteiger partial charge in [-0.05, 0) is 69.4 Å². The number of likely N-dealkylation sites (tertiary alicyclic amines) is 1. The molecule has 182 valence electrons. The third kappa shape index (κ3) is 5.34. The van der Waals surface area contributed by atoms with E-state index in [2.05, 4.69) is 0 Å². The topological polar surface area (TPSA) is 99.5 Å². The Balaban J connectivity index is 2.10. The Morgan fingerprint density at radius 1 is 1.06 bits per heavy atom. The van der Waals surface area contributed by atoms with Crippen molar-refractivity contribution in [3.63, 3.8) is 0 Å². The SMILES string of the molecule is CCCOc1ccc(/C(O)=C2/C(=O)C(=O)N(CCN(C)C)C2c2ccc(O)c(OCC)c2)cc1. The summed E-state index contributed by atoms with van der Waals surface area (Å²) in [6.07, 6.45) is 0.870. The predicted octanol–water partition coefficient (Wildman–Crippen LogP) is 3.56. The molecule has 1 heterocycles. The lowest BCUT2D eigenvalue weighted by Gasteiger charge is -2.27. The van der Waals surface area contributed by atoms with E-state index in [9.17, 15) is 19.8 Å². The summed E-state index contributed by atoms with van der Waals surface area (Å²) in [5, 5.41) is 21.3. The average molecular weight is 469 g/mol. The number of ether oxygens (including phenoxy) is 2. The fourth-order valence-corrected chi connectivity index (χ4v) is 3.82. The van der Waals surface area contributed by atoms with Crippen molar-refractivity contribution >= 4 is 17.4 Å². The molecule has 8 heteroatoms.